The molecule has 0 atom stereocenters. The number of anilines is 1. The Bertz CT molecular complexity index is 770. The van der Waals surface area contributed by atoms with E-state index >= 15 is 0 Å². The third-order valence-electron chi connectivity index (χ3n) is 3.55. The fourth-order valence-corrected chi connectivity index (χ4v) is 2.29. The first kappa shape index (κ1) is 18.3. The molecule has 0 aliphatic carbocycles. The minimum absolute atomic E-state index is 0.0970. The third kappa shape index (κ3) is 5.53. The number of aromatic nitrogens is 1. The lowest BCUT2D eigenvalue weighted by molar-refractivity contribution is -0.115. The topological polar surface area (TPSA) is 83.5 Å². The molecule has 0 saturated carbocycles. The van der Waals surface area contributed by atoms with E-state index in [1.165, 1.54) is 6.20 Å². The molecule has 2 aromatic rings. The van der Waals surface area contributed by atoms with Gasteiger partial charge >= 0.3 is 0 Å². The molecule has 0 bridgehead atoms. The van der Waals surface area contributed by atoms with Crippen LogP contribution >= 0.6 is 0 Å². The number of para-hydroxylation sites is 1. The third-order valence-corrected chi connectivity index (χ3v) is 3.55. The van der Waals surface area contributed by atoms with E-state index < -0.39 is 0 Å². The normalized spacial score (nSPS) is 11.3. The van der Waals surface area contributed by atoms with E-state index in [1.54, 1.807) is 25.3 Å². The molecule has 6 nitrogen and oxygen atoms in total. The minimum Gasteiger partial charge on any atom is -0.325 e. The van der Waals surface area contributed by atoms with Crippen LogP contribution in [0.1, 0.15) is 49.0 Å². The summed E-state index contributed by atoms with van der Waals surface area (Å²) in [7, 11) is 0. The summed E-state index contributed by atoms with van der Waals surface area (Å²) in [5, 5.41) is 6.87. The summed E-state index contributed by atoms with van der Waals surface area (Å²) in [5.74, 6) is -0.229. The van der Waals surface area contributed by atoms with Crippen LogP contribution in [0.2, 0.25) is 0 Å². The van der Waals surface area contributed by atoms with Crippen molar-refractivity contribution in [1.82, 2.24) is 10.4 Å². The second kappa shape index (κ2) is 8.73. The Hall–Kier alpha value is -3.02. The second-order valence-corrected chi connectivity index (χ2v) is 6.00. The molecule has 2 amide bonds. The second-order valence-electron chi connectivity index (χ2n) is 6.00. The molecule has 0 spiro atoms. The van der Waals surface area contributed by atoms with E-state index in [0.29, 0.717) is 17.2 Å². The van der Waals surface area contributed by atoms with Crippen LogP contribution in [-0.2, 0) is 4.79 Å². The van der Waals surface area contributed by atoms with Gasteiger partial charge in [-0.25, -0.2) is 5.43 Å². The smallest absolute Gasteiger partial charge is 0.272 e. The molecule has 2 rings (SSSR count). The van der Waals surface area contributed by atoms with Crippen molar-refractivity contribution in [2.45, 2.75) is 33.1 Å². The van der Waals surface area contributed by atoms with E-state index in [4.69, 9.17) is 0 Å². The quantitative estimate of drug-likeness (QED) is 0.626. The predicted octanol–water partition coefficient (Wildman–Crippen LogP) is 3.34. The number of hydrogen-bond donors (Lipinski definition) is 2. The number of benzene rings is 1. The Morgan fingerprint density at radius 1 is 1.16 bits per heavy atom. The van der Waals surface area contributed by atoms with Gasteiger partial charge in [0.15, 0.2) is 0 Å². The SMILES string of the molecule is CC(CC(=O)Nc1ccccc1C(C)C)=NNC(=O)c1cccnc1. The highest BCUT2D eigenvalue weighted by molar-refractivity contribution is 6.06. The number of pyridine rings is 1. The summed E-state index contributed by atoms with van der Waals surface area (Å²) < 4.78 is 0. The first-order chi connectivity index (χ1) is 12.0. The Morgan fingerprint density at radius 2 is 1.92 bits per heavy atom. The van der Waals surface area contributed by atoms with Gasteiger partial charge in [0.05, 0.1) is 12.0 Å². The van der Waals surface area contributed by atoms with E-state index in [2.05, 4.69) is 34.7 Å². The monoisotopic (exact) mass is 338 g/mol. The Kier molecular flexibility index (Phi) is 6.39. The summed E-state index contributed by atoms with van der Waals surface area (Å²) >= 11 is 0. The van der Waals surface area contributed by atoms with Gasteiger partial charge < -0.3 is 5.32 Å². The summed E-state index contributed by atoms with van der Waals surface area (Å²) in [4.78, 5) is 28.0. The van der Waals surface area contributed by atoms with Crippen molar-refractivity contribution in [3.8, 4) is 0 Å². The van der Waals surface area contributed by atoms with Gasteiger partial charge in [0.2, 0.25) is 5.91 Å². The molecule has 0 saturated heterocycles. The average molecular weight is 338 g/mol. The van der Waals surface area contributed by atoms with Crippen molar-refractivity contribution in [3.05, 3.63) is 59.9 Å². The standard InChI is InChI=1S/C19H22N4O2/c1-13(2)16-8-4-5-9-17(16)21-18(24)11-14(3)22-23-19(25)15-7-6-10-20-12-15/h4-10,12-13H,11H2,1-3H3,(H,21,24)(H,23,25). The van der Waals surface area contributed by atoms with Crippen LogP contribution in [0.5, 0.6) is 0 Å². The van der Waals surface area contributed by atoms with E-state index in [9.17, 15) is 9.59 Å². The Labute approximate surface area is 147 Å². The maximum Gasteiger partial charge on any atom is 0.272 e. The van der Waals surface area contributed by atoms with Gasteiger partial charge in [-0.1, -0.05) is 32.0 Å². The first-order valence-electron chi connectivity index (χ1n) is 8.09. The van der Waals surface area contributed by atoms with Crippen LogP contribution in [0, 0.1) is 0 Å². The highest BCUT2D eigenvalue weighted by atomic mass is 16.2. The highest BCUT2D eigenvalue weighted by Gasteiger charge is 2.10. The lowest BCUT2D eigenvalue weighted by atomic mass is 10.0. The molecular formula is C19H22N4O2. The number of hydrogen-bond acceptors (Lipinski definition) is 4. The molecule has 25 heavy (non-hydrogen) atoms. The molecular weight excluding hydrogens is 316 g/mol. The zero-order valence-corrected chi connectivity index (χ0v) is 14.6. The zero-order valence-electron chi connectivity index (χ0n) is 14.6. The predicted molar refractivity (Wildman–Crippen MR) is 98.6 cm³/mol. The average Bonchev–Trinajstić information content (AvgIpc) is 2.60. The Balaban J connectivity index is 1.93. The first-order valence-corrected chi connectivity index (χ1v) is 8.09. The summed E-state index contributed by atoms with van der Waals surface area (Å²) in [6.07, 6.45) is 3.14. The van der Waals surface area contributed by atoms with Crippen LogP contribution < -0.4 is 10.7 Å². The van der Waals surface area contributed by atoms with Crippen LogP contribution in [0.25, 0.3) is 0 Å². The largest absolute Gasteiger partial charge is 0.325 e. The fraction of sp³-hybridized carbons (Fsp3) is 0.263. The molecule has 0 aliphatic heterocycles. The van der Waals surface area contributed by atoms with Crippen molar-refractivity contribution >= 4 is 23.2 Å². The summed E-state index contributed by atoms with van der Waals surface area (Å²) in [5.41, 5.74) is 5.23. The number of hydrazone groups is 1. The summed E-state index contributed by atoms with van der Waals surface area (Å²) in [6, 6.07) is 11.0. The fourth-order valence-electron chi connectivity index (χ4n) is 2.29. The van der Waals surface area contributed by atoms with Gasteiger partial charge in [0.25, 0.3) is 5.91 Å². The van der Waals surface area contributed by atoms with E-state index in [0.717, 1.165) is 11.3 Å². The van der Waals surface area contributed by atoms with Crippen LogP contribution in [-0.4, -0.2) is 22.5 Å². The maximum atomic E-state index is 12.2. The van der Waals surface area contributed by atoms with Gasteiger partial charge in [0.1, 0.15) is 0 Å². The van der Waals surface area contributed by atoms with Crippen LogP contribution in [0.15, 0.2) is 53.9 Å². The van der Waals surface area contributed by atoms with Crippen molar-refractivity contribution in [2.24, 2.45) is 5.10 Å². The lowest BCUT2D eigenvalue weighted by Gasteiger charge is -2.13. The molecule has 0 unspecified atom stereocenters. The Morgan fingerprint density at radius 3 is 2.60 bits per heavy atom. The number of carbonyl (C=O) groups excluding carboxylic acids is 2. The van der Waals surface area contributed by atoms with Crippen LogP contribution in [0.3, 0.4) is 0 Å². The summed E-state index contributed by atoms with van der Waals surface area (Å²) in [6.45, 7) is 5.84. The lowest BCUT2D eigenvalue weighted by Crippen LogP contribution is -2.21. The number of carbonyl (C=O) groups is 2. The van der Waals surface area contributed by atoms with Gasteiger partial charge in [0, 0.05) is 23.8 Å². The molecule has 1 aromatic carbocycles. The van der Waals surface area contributed by atoms with Gasteiger partial charge in [-0.05, 0) is 36.6 Å². The number of rotatable bonds is 6. The minimum atomic E-state index is -0.363. The van der Waals surface area contributed by atoms with Gasteiger partial charge in [-0.2, -0.15) is 5.10 Å². The van der Waals surface area contributed by atoms with Crippen LogP contribution in [0.4, 0.5) is 5.69 Å². The highest BCUT2D eigenvalue weighted by Crippen LogP contribution is 2.23. The zero-order chi connectivity index (χ0) is 18.2. The number of amides is 2. The molecule has 0 fully saturated rings. The van der Waals surface area contributed by atoms with E-state index in [-0.39, 0.29) is 18.2 Å². The van der Waals surface area contributed by atoms with Crippen molar-refractivity contribution in [2.75, 3.05) is 5.32 Å². The van der Waals surface area contributed by atoms with Crippen molar-refractivity contribution in [3.63, 3.8) is 0 Å². The van der Waals surface area contributed by atoms with Gasteiger partial charge in [-0.15, -0.1) is 0 Å². The number of nitrogens with zero attached hydrogens (tertiary/aromatic N) is 2. The molecule has 0 aliphatic rings. The molecule has 6 heteroatoms. The molecule has 1 aromatic heterocycles. The number of nitrogens with one attached hydrogen (secondary N) is 2. The van der Waals surface area contributed by atoms with Gasteiger partial charge in [-0.3, -0.25) is 14.6 Å². The molecule has 2 N–H and O–H groups in total. The van der Waals surface area contributed by atoms with E-state index in [1.807, 2.05) is 24.3 Å². The molecule has 1 heterocycles. The molecule has 0 radical (unpaired) electrons. The van der Waals surface area contributed by atoms with Crippen molar-refractivity contribution < 1.29 is 9.59 Å². The maximum absolute atomic E-state index is 12.2. The van der Waals surface area contributed by atoms with Crippen molar-refractivity contribution in [1.29, 1.82) is 0 Å². The molecule has 130 valence electrons.